The summed E-state index contributed by atoms with van der Waals surface area (Å²) in [6.07, 6.45) is 0. The van der Waals surface area contributed by atoms with Crippen molar-refractivity contribution in [2.24, 2.45) is 5.73 Å². The van der Waals surface area contributed by atoms with Gasteiger partial charge in [-0.15, -0.1) is 11.6 Å². The third-order valence-corrected chi connectivity index (χ3v) is 0.432. The van der Waals surface area contributed by atoms with Gasteiger partial charge in [0.05, 0.1) is 5.88 Å². The molecular weight excluding hydrogens is 182 g/mol. The molecule has 6 N–H and O–H groups in total. The molecule has 8 heteroatoms. The second-order valence-corrected chi connectivity index (χ2v) is 2.47. The van der Waals surface area contributed by atoms with Crippen LogP contribution >= 0.6 is 19.4 Å². The lowest BCUT2D eigenvalue weighted by molar-refractivity contribution is 0.275. The van der Waals surface area contributed by atoms with Gasteiger partial charge < -0.3 is 20.4 Å². The molecule has 0 bridgehead atoms. The lowest BCUT2D eigenvalue weighted by atomic mass is 10.7. The van der Waals surface area contributed by atoms with Crippen LogP contribution in [0.4, 0.5) is 0 Å². The number of amidine groups is 1. The summed E-state index contributed by atoms with van der Waals surface area (Å²) in [5, 5.41) is 6.39. The Kier molecular flexibility index (Phi) is 7.07. The first kappa shape index (κ1) is 12.5. The van der Waals surface area contributed by atoms with E-state index in [0.717, 1.165) is 0 Å². The van der Waals surface area contributed by atoms with Gasteiger partial charge in [-0.2, -0.15) is 0 Å². The van der Waals surface area contributed by atoms with Crippen LogP contribution in [0.1, 0.15) is 0 Å². The highest BCUT2D eigenvalue weighted by Crippen LogP contribution is 2.25. The van der Waals surface area contributed by atoms with Crippen molar-refractivity contribution < 1.29 is 19.2 Å². The number of rotatable bonds is 1. The van der Waals surface area contributed by atoms with Gasteiger partial charge in [-0.1, -0.05) is 0 Å². The van der Waals surface area contributed by atoms with E-state index in [1.165, 1.54) is 0 Å². The van der Waals surface area contributed by atoms with Crippen LogP contribution in [0.3, 0.4) is 0 Å². The third kappa shape index (κ3) is 106. The van der Waals surface area contributed by atoms with Crippen molar-refractivity contribution in [2.75, 3.05) is 5.88 Å². The Bertz CT molecular complexity index is 136. The van der Waals surface area contributed by atoms with Crippen LogP contribution in [0.15, 0.2) is 0 Å². The summed E-state index contributed by atoms with van der Waals surface area (Å²) in [6, 6.07) is 0. The Morgan fingerprint density at radius 2 is 1.70 bits per heavy atom. The molecule has 0 aliphatic carbocycles. The van der Waals surface area contributed by atoms with Crippen molar-refractivity contribution in [3.05, 3.63) is 0 Å². The molecule has 0 unspecified atom stereocenters. The maximum absolute atomic E-state index is 8.88. The lowest BCUT2D eigenvalue weighted by Gasteiger charge is -1.82. The highest BCUT2D eigenvalue weighted by molar-refractivity contribution is 7.45. The number of nitrogens with one attached hydrogen (secondary N) is 1. The molecule has 10 heavy (non-hydrogen) atoms. The van der Waals surface area contributed by atoms with Crippen LogP contribution in [0.25, 0.3) is 0 Å². The fourth-order valence-corrected chi connectivity index (χ4v) is 0. The molecule has 6 nitrogen and oxygen atoms in total. The van der Waals surface area contributed by atoms with E-state index < -0.39 is 7.82 Å². The average Bonchev–Trinajstić information content (AvgIpc) is 1.61. The van der Waals surface area contributed by atoms with Gasteiger partial charge in [0.2, 0.25) is 0 Å². The zero-order valence-corrected chi connectivity index (χ0v) is 6.51. The highest BCUT2D eigenvalue weighted by Gasteiger charge is 2.00. The molecule has 0 amide bonds. The molecule has 0 aromatic rings. The zero-order valence-electron chi connectivity index (χ0n) is 4.86. The first-order valence-electron chi connectivity index (χ1n) is 1.94. The standard InChI is InChI=1S/C2H5ClN2.H3O4P/c3-1-2(4)5;1-5(2,3)4/h1H2,(H3,4,5);(H3,1,2,3,4). The number of alkyl halides is 1. The van der Waals surface area contributed by atoms with Crippen molar-refractivity contribution >= 4 is 25.3 Å². The molecule has 0 aromatic heterocycles. The molecule has 0 aromatic carbocycles. The van der Waals surface area contributed by atoms with Crippen LogP contribution in [0.2, 0.25) is 0 Å². The Balaban J connectivity index is 0. The third-order valence-electron chi connectivity index (χ3n) is 0.144. The second kappa shape index (κ2) is 5.64. The summed E-state index contributed by atoms with van der Waals surface area (Å²) >= 11 is 4.99. The molecule has 0 fully saturated rings. The summed E-state index contributed by atoms with van der Waals surface area (Å²) in [5.74, 6) is 0.159. The normalized spacial score (nSPS) is 9.60. The number of hydrogen-bond donors (Lipinski definition) is 5. The minimum absolute atomic E-state index is 0.0201. The van der Waals surface area contributed by atoms with E-state index in [4.69, 9.17) is 42.0 Å². The van der Waals surface area contributed by atoms with Crippen LogP contribution in [-0.4, -0.2) is 26.4 Å². The maximum Gasteiger partial charge on any atom is 0.466 e. The van der Waals surface area contributed by atoms with Crippen molar-refractivity contribution in [1.29, 1.82) is 5.41 Å². The van der Waals surface area contributed by atoms with E-state index in [1.54, 1.807) is 0 Å². The van der Waals surface area contributed by atoms with Gasteiger partial charge in [0.1, 0.15) is 5.84 Å². The molecule has 0 atom stereocenters. The fourth-order valence-electron chi connectivity index (χ4n) is 0. The van der Waals surface area contributed by atoms with Crippen LogP contribution in [-0.2, 0) is 4.57 Å². The Labute approximate surface area is 62.4 Å². The quantitative estimate of drug-likeness (QED) is 0.161. The van der Waals surface area contributed by atoms with Gasteiger partial charge in [-0.3, -0.25) is 5.41 Å². The van der Waals surface area contributed by atoms with Gasteiger partial charge in [0.25, 0.3) is 0 Å². The van der Waals surface area contributed by atoms with Crippen LogP contribution < -0.4 is 5.73 Å². The van der Waals surface area contributed by atoms with E-state index >= 15 is 0 Å². The largest absolute Gasteiger partial charge is 0.466 e. The van der Waals surface area contributed by atoms with Crippen molar-refractivity contribution in [2.45, 2.75) is 0 Å². The van der Waals surface area contributed by atoms with E-state index in [1.807, 2.05) is 0 Å². The van der Waals surface area contributed by atoms with Gasteiger partial charge in [-0.05, 0) is 0 Å². The van der Waals surface area contributed by atoms with E-state index in [9.17, 15) is 0 Å². The van der Waals surface area contributed by atoms with Gasteiger partial charge in [0.15, 0.2) is 0 Å². The monoisotopic (exact) mass is 190 g/mol. The smallest absolute Gasteiger partial charge is 0.387 e. The molecule has 0 spiro atoms. The number of hydrogen-bond acceptors (Lipinski definition) is 2. The summed E-state index contributed by atoms with van der Waals surface area (Å²) < 4.78 is 8.88. The Morgan fingerprint density at radius 3 is 1.70 bits per heavy atom. The van der Waals surface area contributed by atoms with Gasteiger partial charge in [0, 0.05) is 0 Å². The topological polar surface area (TPSA) is 128 Å². The van der Waals surface area contributed by atoms with E-state index in [0.29, 0.717) is 0 Å². The Hall–Kier alpha value is -0.130. The van der Waals surface area contributed by atoms with Crippen molar-refractivity contribution in [3.8, 4) is 0 Å². The van der Waals surface area contributed by atoms with Crippen LogP contribution in [0.5, 0.6) is 0 Å². The maximum atomic E-state index is 8.88. The fraction of sp³-hybridized carbons (Fsp3) is 0.500. The summed E-state index contributed by atoms with van der Waals surface area (Å²) in [7, 11) is -4.64. The van der Waals surface area contributed by atoms with E-state index in [2.05, 4.69) is 0 Å². The van der Waals surface area contributed by atoms with Gasteiger partial charge >= 0.3 is 7.82 Å². The van der Waals surface area contributed by atoms with Gasteiger partial charge in [-0.25, -0.2) is 4.57 Å². The summed E-state index contributed by atoms with van der Waals surface area (Å²) in [5.41, 5.74) is 4.74. The minimum atomic E-state index is -4.64. The van der Waals surface area contributed by atoms with E-state index in [-0.39, 0.29) is 11.7 Å². The second-order valence-electron chi connectivity index (χ2n) is 1.17. The zero-order chi connectivity index (χ0) is 8.78. The number of nitrogens with two attached hydrogens (primary N) is 1. The molecule has 0 saturated carbocycles. The van der Waals surface area contributed by atoms with Crippen molar-refractivity contribution in [1.82, 2.24) is 0 Å². The molecule has 0 radical (unpaired) electrons. The average molecular weight is 191 g/mol. The summed E-state index contributed by atoms with van der Waals surface area (Å²) in [6.45, 7) is 0. The molecule has 0 aliphatic heterocycles. The molecule has 0 aliphatic rings. The molecule has 0 heterocycles. The molecule has 0 rings (SSSR count). The first-order chi connectivity index (χ1) is 4.27. The van der Waals surface area contributed by atoms with Crippen LogP contribution in [0, 0.1) is 5.41 Å². The summed E-state index contributed by atoms with van der Waals surface area (Å²) in [4.78, 5) is 21.6. The first-order valence-corrected chi connectivity index (χ1v) is 4.04. The SMILES string of the molecule is N=C(N)CCl.O=P(O)(O)O. The highest BCUT2D eigenvalue weighted by atomic mass is 35.5. The van der Waals surface area contributed by atoms with Crippen molar-refractivity contribution in [3.63, 3.8) is 0 Å². The minimum Gasteiger partial charge on any atom is -0.387 e. The number of phosphoric acid groups is 1. The predicted molar refractivity (Wildman–Crippen MR) is 36.9 cm³/mol. The molecule has 0 saturated heterocycles. The predicted octanol–water partition coefficient (Wildman–Crippen LogP) is -0.767. The lowest BCUT2D eigenvalue weighted by Crippen LogP contribution is -2.09. The number of halogens is 1. The molecular formula is C2H8ClN2O4P. The molecule has 62 valence electrons. The Morgan fingerprint density at radius 1 is 1.60 bits per heavy atom.